The molecule has 0 heterocycles. The quantitative estimate of drug-likeness (QED) is 0.601. The van der Waals surface area contributed by atoms with E-state index >= 15 is 0 Å². The molecule has 1 unspecified atom stereocenters. The Bertz CT molecular complexity index is 1080. The summed E-state index contributed by atoms with van der Waals surface area (Å²) in [6, 6.07) is 13.9. The fraction of sp³-hybridized carbons (Fsp3) is 0.481. The second kappa shape index (κ2) is 7.87. The maximum absolute atomic E-state index is 12.7. The molecule has 0 radical (unpaired) electrons. The summed E-state index contributed by atoms with van der Waals surface area (Å²) in [4.78, 5) is 25.0. The lowest BCUT2D eigenvalue weighted by Crippen LogP contribution is -2.60. The summed E-state index contributed by atoms with van der Waals surface area (Å²) < 4.78 is 5.49. The Labute approximate surface area is 193 Å². The van der Waals surface area contributed by atoms with Crippen LogP contribution in [0.2, 0.25) is 0 Å². The number of hydrogen-bond donors (Lipinski definition) is 3. The van der Waals surface area contributed by atoms with Crippen LogP contribution in [0.25, 0.3) is 0 Å². The molecular formula is C27H30O6. The number of carbonyl (C=O) groups excluding carboxylic acids is 1. The number of aryl methyl sites for hydroxylation is 1. The fourth-order valence-electron chi connectivity index (χ4n) is 7.15. The number of aromatic hydroxyl groups is 1. The van der Waals surface area contributed by atoms with Crippen molar-refractivity contribution in [3.8, 4) is 5.75 Å². The molecule has 2 fully saturated rings. The first-order chi connectivity index (χ1) is 15.7. The molecule has 0 aliphatic heterocycles. The van der Waals surface area contributed by atoms with Crippen LogP contribution in [0.3, 0.4) is 0 Å². The van der Waals surface area contributed by atoms with Gasteiger partial charge in [-0.1, -0.05) is 31.2 Å². The smallest absolute Gasteiger partial charge is 0.348 e. The largest absolute Gasteiger partial charge is 0.508 e. The molecule has 174 valence electrons. The Morgan fingerprint density at radius 2 is 1.82 bits per heavy atom. The van der Waals surface area contributed by atoms with E-state index in [9.17, 15) is 24.9 Å². The first-order valence-electron chi connectivity index (χ1n) is 11.8. The minimum absolute atomic E-state index is 0.139. The molecule has 6 heteroatoms. The van der Waals surface area contributed by atoms with Crippen LogP contribution in [0.1, 0.15) is 66.4 Å². The predicted octanol–water partition coefficient (Wildman–Crippen LogP) is 4.29. The summed E-state index contributed by atoms with van der Waals surface area (Å²) in [5, 5.41) is 31.8. The van der Waals surface area contributed by atoms with E-state index in [-0.39, 0.29) is 17.2 Å². The van der Waals surface area contributed by atoms with Gasteiger partial charge >= 0.3 is 11.9 Å². The third-order valence-electron chi connectivity index (χ3n) is 8.82. The first kappa shape index (κ1) is 22.0. The molecule has 0 bridgehead atoms. The Kier molecular flexibility index (Phi) is 5.24. The Morgan fingerprint density at radius 1 is 1.06 bits per heavy atom. The third kappa shape index (κ3) is 3.34. The highest BCUT2D eigenvalue weighted by Gasteiger charge is 2.66. The monoisotopic (exact) mass is 450 g/mol. The van der Waals surface area contributed by atoms with Crippen molar-refractivity contribution in [2.75, 3.05) is 0 Å². The molecule has 2 saturated carbocycles. The van der Waals surface area contributed by atoms with Gasteiger partial charge in [0.05, 0.1) is 5.56 Å². The summed E-state index contributed by atoms with van der Waals surface area (Å²) in [7, 11) is 0. The first-order valence-corrected chi connectivity index (χ1v) is 11.8. The van der Waals surface area contributed by atoms with E-state index in [4.69, 9.17) is 4.74 Å². The number of phenols is 1. The molecule has 3 N–H and O–H groups in total. The molecule has 0 spiro atoms. The lowest BCUT2D eigenvalue weighted by molar-refractivity contribution is -0.189. The predicted molar refractivity (Wildman–Crippen MR) is 121 cm³/mol. The minimum Gasteiger partial charge on any atom is -0.508 e. The second-order valence-corrected chi connectivity index (χ2v) is 10.2. The number of esters is 1. The van der Waals surface area contributed by atoms with E-state index in [2.05, 4.69) is 0 Å². The van der Waals surface area contributed by atoms with Crippen LogP contribution in [-0.2, 0) is 16.0 Å². The van der Waals surface area contributed by atoms with E-state index in [1.807, 2.05) is 19.1 Å². The molecular weight excluding hydrogens is 420 g/mol. The van der Waals surface area contributed by atoms with Crippen LogP contribution in [0, 0.1) is 17.3 Å². The number of carboxylic acids is 1. The van der Waals surface area contributed by atoms with Crippen molar-refractivity contribution >= 4 is 11.9 Å². The number of carboxylic acid groups (broad SMARTS) is 1. The van der Waals surface area contributed by atoms with Gasteiger partial charge in [0.25, 0.3) is 0 Å². The Balaban J connectivity index is 1.44. The van der Waals surface area contributed by atoms with Crippen LogP contribution in [0.4, 0.5) is 0 Å². The number of phenolic OH excluding ortho intramolecular Hbond substituents is 1. The highest BCUT2D eigenvalue weighted by atomic mass is 16.6. The number of carbonyl (C=O) groups is 2. The lowest BCUT2D eigenvalue weighted by atomic mass is 9.52. The van der Waals surface area contributed by atoms with Gasteiger partial charge in [0, 0.05) is 5.41 Å². The molecule has 3 aliphatic carbocycles. The SMILES string of the molecule is C[C@]12CC[C@@H]3c4ccc(O)cc4CC[C@H]3[C@@H]1CC[C@@]2(O)C(OC(=O)c1ccccc1)C(=O)O. The number of rotatable bonds is 4. The van der Waals surface area contributed by atoms with Gasteiger partial charge in [0.2, 0.25) is 6.10 Å². The molecule has 5 rings (SSSR count). The number of aliphatic carboxylic acids is 1. The second-order valence-electron chi connectivity index (χ2n) is 10.2. The normalized spacial score (nSPS) is 33.3. The molecule has 0 amide bonds. The van der Waals surface area contributed by atoms with Gasteiger partial charge in [-0.25, -0.2) is 9.59 Å². The number of aliphatic hydroxyl groups is 1. The van der Waals surface area contributed by atoms with E-state index in [0.29, 0.717) is 31.1 Å². The van der Waals surface area contributed by atoms with Crippen molar-refractivity contribution in [3.63, 3.8) is 0 Å². The van der Waals surface area contributed by atoms with Gasteiger partial charge < -0.3 is 20.1 Å². The van der Waals surface area contributed by atoms with Crippen LogP contribution < -0.4 is 0 Å². The summed E-state index contributed by atoms with van der Waals surface area (Å²) in [6.45, 7) is 1.99. The Morgan fingerprint density at radius 3 is 2.55 bits per heavy atom. The van der Waals surface area contributed by atoms with Crippen molar-refractivity contribution in [1.82, 2.24) is 0 Å². The maximum atomic E-state index is 12.7. The molecule has 6 atom stereocenters. The number of fused-ring (bicyclic) bond motifs is 5. The molecule has 33 heavy (non-hydrogen) atoms. The van der Waals surface area contributed by atoms with Crippen molar-refractivity contribution in [1.29, 1.82) is 0 Å². The van der Waals surface area contributed by atoms with Crippen molar-refractivity contribution in [3.05, 3.63) is 65.2 Å². The topological polar surface area (TPSA) is 104 Å². The van der Waals surface area contributed by atoms with Gasteiger partial charge in [0.1, 0.15) is 11.4 Å². The summed E-state index contributed by atoms with van der Waals surface area (Å²) >= 11 is 0. The lowest BCUT2D eigenvalue weighted by Gasteiger charge is -2.54. The molecule has 0 saturated heterocycles. The fourth-order valence-corrected chi connectivity index (χ4v) is 7.15. The highest BCUT2D eigenvalue weighted by Crippen LogP contribution is 2.65. The van der Waals surface area contributed by atoms with Crippen molar-refractivity contribution in [2.45, 2.75) is 63.1 Å². The van der Waals surface area contributed by atoms with E-state index < -0.39 is 29.1 Å². The maximum Gasteiger partial charge on any atom is 0.348 e. The zero-order valence-corrected chi connectivity index (χ0v) is 18.7. The van der Waals surface area contributed by atoms with Crippen LogP contribution in [0.5, 0.6) is 5.75 Å². The Hall–Kier alpha value is -2.86. The van der Waals surface area contributed by atoms with Crippen molar-refractivity contribution < 1.29 is 29.6 Å². The van der Waals surface area contributed by atoms with Crippen LogP contribution in [0.15, 0.2) is 48.5 Å². The zero-order chi connectivity index (χ0) is 23.4. The van der Waals surface area contributed by atoms with E-state index in [1.54, 1.807) is 36.4 Å². The minimum atomic E-state index is -1.63. The average Bonchev–Trinajstić information content (AvgIpc) is 3.08. The van der Waals surface area contributed by atoms with Gasteiger partial charge in [0.15, 0.2) is 0 Å². The molecule has 2 aromatic rings. The summed E-state index contributed by atoms with van der Waals surface area (Å²) in [6.07, 6.45) is 2.66. The van der Waals surface area contributed by atoms with Gasteiger partial charge in [-0.2, -0.15) is 0 Å². The van der Waals surface area contributed by atoms with E-state index in [0.717, 1.165) is 19.3 Å². The van der Waals surface area contributed by atoms with Gasteiger partial charge in [-0.3, -0.25) is 0 Å². The summed E-state index contributed by atoms with van der Waals surface area (Å²) in [5.74, 6) is -0.953. The van der Waals surface area contributed by atoms with Crippen molar-refractivity contribution in [2.24, 2.45) is 17.3 Å². The van der Waals surface area contributed by atoms with Crippen LogP contribution in [-0.4, -0.2) is 39.0 Å². The van der Waals surface area contributed by atoms with Gasteiger partial charge in [-0.05, 0) is 91.7 Å². The van der Waals surface area contributed by atoms with Crippen LogP contribution >= 0.6 is 0 Å². The average molecular weight is 451 g/mol. The molecule has 0 aromatic heterocycles. The third-order valence-corrected chi connectivity index (χ3v) is 8.82. The summed E-state index contributed by atoms with van der Waals surface area (Å²) in [5.41, 5.74) is 0.430. The number of ether oxygens (including phenoxy) is 1. The molecule has 3 aliphatic rings. The van der Waals surface area contributed by atoms with E-state index in [1.165, 1.54) is 11.1 Å². The molecule has 2 aromatic carbocycles. The molecule has 6 nitrogen and oxygen atoms in total. The number of hydrogen-bond acceptors (Lipinski definition) is 5. The standard InChI is InChI=1S/C27H30O6/c1-26-13-11-20-19-10-8-18(28)15-17(19)7-9-21(20)22(26)12-14-27(26,32)23(24(29)30)33-25(31)16-5-3-2-4-6-16/h2-6,8,10,15,20-23,28,32H,7,9,11-14H2,1H3,(H,29,30)/t20-,21-,22+,23?,26+,27-/m1/s1. The zero-order valence-electron chi connectivity index (χ0n) is 18.7. The van der Waals surface area contributed by atoms with Gasteiger partial charge in [-0.15, -0.1) is 0 Å². The number of benzene rings is 2. The highest BCUT2D eigenvalue weighted by molar-refractivity contribution is 5.91.